The van der Waals surface area contributed by atoms with Gasteiger partial charge in [0.2, 0.25) is 5.91 Å². The van der Waals surface area contributed by atoms with E-state index in [0.717, 1.165) is 38.1 Å². The van der Waals surface area contributed by atoms with Gasteiger partial charge in [0.1, 0.15) is 0 Å². The molecule has 1 saturated heterocycles. The molecule has 2 saturated carbocycles. The average Bonchev–Trinajstić information content (AvgIpc) is 2.97. The zero-order valence-corrected chi connectivity index (χ0v) is 12.8. The topological polar surface area (TPSA) is 35.6 Å². The van der Waals surface area contributed by atoms with E-state index in [9.17, 15) is 4.79 Å². The van der Waals surface area contributed by atoms with Crippen LogP contribution in [0.4, 0.5) is 0 Å². The number of hydrogen-bond donors (Lipinski definition) is 1. The van der Waals surface area contributed by atoms with Crippen LogP contribution < -0.4 is 5.32 Å². The second-order valence-electron chi connectivity index (χ2n) is 6.84. The standard InChI is InChI=1S/C16H29N3O/c1-18(13-5-2-3-6-13)12-10-17-16(20)15-7-4-11-19(15)14-8-9-14/h13-15H,2-12H2,1H3,(H,17,20)/t15-/m1/s1. The minimum absolute atomic E-state index is 0.166. The fourth-order valence-electron chi connectivity index (χ4n) is 3.91. The molecule has 1 amide bonds. The lowest BCUT2D eigenvalue weighted by Crippen LogP contribution is -2.46. The van der Waals surface area contributed by atoms with E-state index in [4.69, 9.17) is 0 Å². The lowest BCUT2D eigenvalue weighted by Gasteiger charge is -2.26. The molecule has 1 aliphatic heterocycles. The maximum absolute atomic E-state index is 12.3. The number of carbonyl (C=O) groups excluding carboxylic acids is 1. The van der Waals surface area contributed by atoms with Crippen LogP contribution in [0.15, 0.2) is 0 Å². The van der Waals surface area contributed by atoms with E-state index >= 15 is 0 Å². The molecule has 3 fully saturated rings. The van der Waals surface area contributed by atoms with Crippen molar-refractivity contribution >= 4 is 5.91 Å². The molecule has 0 aromatic heterocycles. The van der Waals surface area contributed by atoms with E-state index in [1.165, 1.54) is 44.9 Å². The van der Waals surface area contributed by atoms with Crippen molar-refractivity contribution < 1.29 is 4.79 Å². The Kier molecular flexibility index (Phi) is 4.61. The van der Waals surface area contributed by atoms with Gasteiger partial charge in [-0.1, -0.05) is 12.8 Å². The molecular formula is C16H29N3O. The van der Waals surface area contributed by atoms with Gasteiger partial charge in [-0.15, -0.1) is 0 Å². The van der Waals surface area contributed by atoms with E-state index < -0.39 is 0 Å². The van der Waals surface area contributed by atoms with Gasteiger partial charge in [-0.25, -0.2) is 0 Å². The van der Waals surface area contributed by atoms with Gasteiger partial charge < -0.3 is 10.2 Å². The molecule has 0 aromatic rings. The van der Waals surface area contributed by atoms with Gasteiger partial charge in [0.25, 0.3) is 0 Å². The predicted octanol–water partition coefficient (Wildman–Crippen LogP) is 1.60. The Bertz CT molecular complexity index is 337. The van der Waals surface area contributed by atoms with Gasteiger partial charge in [0.15, 0.2) is 0 Å². The summed E-state index contributed by atoms with van der Waals surface area (Å²) >= 11 is 0. The highest BCUT2D eigenvalue weighted by molar-refractivity contribution is 5.82. The fourth-order valence-corrected chi connectivity index (χ4v) is 3.91. The quantitative estimate of drug-likeness (QED) is 0.802. The predicted molar refractivity (Wildman–Crippen MR) is 80.6 cm³/mol. The minimum Gasteiger partial charge on any atom is -0.353 e. The van der Waals surface area contributed by atoms with Crippen LogP contribution in [0.3, 0.4) is 0 Å². The van der Waals surface area contributed by atoms with Crippen LogP contribution in [-0.4, -0.2) is 60.5 Å². The Morgan fingerprint density at radius 2 is 1.90 bits per heavy atom. The maximum Gasteiger partial charge on any atom is 0.237 e. The van der Waals surface area contributed by atoms with Gasteiger partial charge in [-0.3, -0.25) is 9.69 Å². The SMILES string of the molecule is CN(CCNC(=O)[C@H]1CCCN1C1CC1)C1CCCC1. The molecule has 4 nitrogen and oxygen atoms in total. The first kappa shape index (κ1) is 14.3. The molecule has 0 radical (unpaired) electrons. The summed E-state index contributed by atoms with van der Waals surface area (Å²) in [5.41, 5.74) is 0. The molecule has 1 N–H and O–H groups in total. The van der Waals surface area contributed by atoms with Crippen LogP contribution in [0.5, 0.6) is 0 Å². The fraction of sp³-hybridized carbons (Fsp3) is 0.938. The van der Waals surface area contributed by atoms with E-state index in [0.29, 0.717) is 0 Å². The van der Waals surface area contributed by atoms with Gasteiger partial charge in [-0.2, -0.15) is 0 Å². The summed E-state index contributed by atoms with van der Waals surface area (Å²) in [7, 11) is 2.20. The molecular weight excluding hydrogens is 250 g/mol. The van der Waals surface area contributed by atoms with Crippen LogP contribution in [0.1, 0.15) is 51.4 Å². The molecule has 3 aliphatic rings. The van der Waals surface area contributed by atoms with Gasteiger partial charge >= 0.3 is 0 Å². The number of rotatable bonds is 6. The maximum atomic E-state index is 12.3. The van der Waals surface area contributed by atoms with Crippen LogP contribution in [-0.2, 0) is 4.79 Å². The molecule has 2 aliphatic carbocycles. The van der Waals surface area contributed by atoms with E-state index in [1.54, 1.807) is 0 Å². The summed E-state index contributed by atoms with van der Waals surface area (Å²) in [5, 5.41) is 3.17. The Morgan fingerprint density at radius 3 is 2.60 bits per heavy atom. The highest BCUT2D eigenvalue weighted by Gasteiger charge is 2.39. The van der Waals surface area contributed by atoms with Crippen molar-refractivity contribution in [2.45, 2.75) is 69.5 Å². The van der Waals surface area contributed by atoms with E-state index in [-0.39, 0.29) is 11.9 Å². The minimum atomic E-state index is 0.166. The van der Waals surface area contributed by atoms with Crippen molar-refractivity contribution in [1.29, 1.82) is 0 Å². The van der Waals surface area contributed by atoms with Gasteiger partial charge in [-0.05, 0) is 52.1 Å². The molecule has 1 heterocycles. The molecule has 0 aromatic carbocycles. The average molecular weight is 279 g/mol. The summed E-state index contributed by atoms with van der Waals surface area (Å²) in [4.78, 5) is 17.2. The molecule has 0 bridgehead atoms. The van der Waals surface area contributed by atoms with Gasteiger partial charge in [0.05, 0.1) is 6.04 Å². The molecule has 1 atom stereocenters. The number of nitrogens with one attached hydrogen (secondary N) is 1. The van der Waals surface area contributed by atoms with E-state index in [2.05, 4.69) is 22.2 Å². The first-order valence-electron chi connectivity index (χ1n) is 8.49. The molecule has 3 rings (SSSR count). The Morgan fingerprint density at radius 1 is 1.15 bits per heavy atom. The molecule has 0 spiro atoms. The summed E-state index contributed by atoms with van der Waals surface area (Å²) in [6.07, 6.45) is 10.3. The lowest BCUT2D eigenvalue weighted by molar-refractivity contribution is -0.125. The van der Waals surface area contributed by atoms with Crippen LogP contribution in [0, 0.1) is 0 Å². The number of likely N-dealkylation sites (tertiary alicyclic amines) is 1. The summed E-state index contributed by atoms with van der Waals surface area (Å²) in [6.45, 7) is 2.93. The van der Waals surface area contributed by atoms with Crippen molar-refractivity contribution in [3.63, 3.8) is 0 Å². The zero-order chi connectivity index (χ0) is 13.9. The van der Waals surface area contributed by atoms with Crippen molar-refractivity contribution in [2.75, 3.05) is 26.7 Å². The normalized spacial score (nSPS) is 28.4. The number of likely N-dealkylation sites (N-methyl/N-ethyl adjacent to an activating group) is 1. The smallest absolute Gasteiger partial charge is 0.237 e. The third kappa shape index (κ3) is 3.34. The first-order valence-corrected chi connectivity index (χ1v) is 8.49. The number of carbonyl (C=O) groups is 1. The summed E-state index contributed by atoms with van der Waals surface area (Å²) in [6, 6.07) is 1.63. The Hall–Kier alpha value is -0.610. The van der Waals surface area contributed by atoms with Crippen molar-refractivity contribution in [2.24, 2.45) is 0 Å². The monoisotopic (exact) mass is 279 g/mol. The Balaban J connectivity index is 1.38. The third-order valence-electron chi connectivity index (χ3n) is 5.32. The lowest BCUT2D eigenvalue weighted by atomic mass is 10.2. The van der Waals surface area contributed by atoms with Crippen LogP contribution in [0.2, 0.25) is 0 Å². The van der Waals surface area contributed by atoms with Gasteiger partial charge in [0, 0.05) is 25.2 Å². The number of amides is 1. The molecule has 20 heavy (non-hydrogen) atoms. The largest absolute Gasteiger partial charge is 0.353 e. The van der Waals surface area contributed by atoms with Crippen molar-refractivity contribution in [1.82, 2.24) is 15.1 Å². The highest BCUT2D eigenvalue weighted by atomic mass is 16.2. The second kappa shape index (κ2) is 6.44. The highest BCUT2D eigenvalue weighted by Crippen LogP contribution is 2.33. The number of nitrogens with zero attached hydrogens (tertiary/aromatic N) is 2. The summed E-state index contributed by atoms with van der Waals surface area (Å²) in [5.74, 6) is 0.272. The zero-order valence-electron chi connectivity index (χ0n) is 12.8. The second-order valence-corrected chi connectivity index (χ2v) is 6.84. The molecule has 0 unspecified atom stereocenters. The van der Waals surface area contributed by atoms with Crippen molar-refractivity contribution in [3.05, 3.63) is 0 Å². The van der Waals surface area contributed by atoms with Crippen molar-refractivity contribution in [3.8, 4) is 0 Å². The molecule has 4 heteroatoms. The third-order valence-corrected chi connectivity index (χ3v) is 5.32. The number of hydrogen-bond acceptors (Lipinski definition) is 3. The summed E-state index contributed by atoms with van der Waals surface area (Å²) < 4.78 is 0. The van der Waals surface area contributed by atoms with E-state index in [1.807, 2.05) is 0 Å². The van der Waals surface area contributed by atoms with Crippen LogP contribution >= 0.6 is 0 Å². The van der Waals surface area contributed by atoms with Crippen LogP contribution in [0.25, 0.3) is 0 Å². The molecule has 114 valence electrons. The first-order chi connectivity index (χ1) is 9.75. The Labute approximate surface area is 122 Å².